The fourth-order valence-electron chi connectivity index (χ4n) is 1.86. The molecule has 0 spiro atoms. The number of rotatable bonds is 1. The Kier molecular flexibility index (Phi) is 3.01. The minimum atomic E-state index is 0.575. The van der Waals surface area contributed by atoms with Crippen molar-refractivity contribution in [3.8, 4) is 0 Å². The van der Waals surface area contributed by atoms with Crippen LogP contribution in [0.15, 0.2) is 28.7 Å². The molecule has 1 aromatic rings. The van der Waals surface area contributed by atoms with Crippen LogP contribution in [-0.4, -0.2) is 6.54 Å². The Morgan fingerprint density at radius 2 is 2.23 bits per heavy atom. The van der Waals surface area contributed by atoms with Crippen LogP contribution < -0.4 is 5.32 Å². The van der Waals surface area contributed by atoms with Crippen LogP contribution in [0.2, 0.25) is 0 Å². The first kappa shape index (κ1) is 9.22. The van der Waals surface area contributed by atoms with E-state index in [0.717, 1.165) is 6.54 Å². The van der Waals surface area contributed by atoms with Crippen molar-refractivity contribution in [3.05, 3.63) is 34.3 Å². The number of benzene rings is 1. The number of nitrogens with one attached hydrogen (secondary N) is 1. The summed E-state index contributed by atoms with van der Waals surface area (Å²) in [5, 5.41) is 3.54. The Morgan fingerprint density at radius 3 is 2.92 bits per heavy atom. The molecule has 0 bridgehead atoms. The van der Waals surface area contributed by atoms with Crippen molar-refractivity contribution in [1.29, 1.82) is 0 Å². The number of hydrogen-bond donors (Lipinski definition) is 1. The highest BCUT2D eigenvalue weighted by atomic mass is 79.9. The number of hydrogen-bond acceptors (Lipinski definition) is 1. The van der Waals surface area contributed by atoms with Crippen LogP contribution in [0.3, 0.4) is 0 Å². The van der Waals surface area contributed by atoms with Gasteiger partial charge in [-0.1, -0.05) is 34.5 Å². The standard InChI is InChI=1S/C11H14BrN/c12-10-5-3-4-9(8-10)11-6-1-2-7-13-11/h3-5,8,11,13H,1-2,6-7H2/t11-/m1/s1. The summed E-state index contributed by atoms with van der Waals surface area (Å²) in [6, 6.07) is 9.17. The van der Waals surface area contributed by atoms with Crippen LogP contribution in [0.25, 0.3) is 0 Å². The lowest BCUT2D eigenvalue weighted by atomic mass is 9.98. The number of piperidine rings is 1. The molecule has 1 heterocycles. The first-order valence-corrected chi connectivity index (χ1v) is 5.64. The molecular formula is C11H14BrN. The van der Waals surface area contributed by atoms with Gasteiger partial charge in [-0.15, -0.1) is 0 Å². The van der Waals surface area contributed by atoms with E-state index < -0.39 is 0 Å². The summed E-state index contributed by atoms with van der Waals surface area (Å²) in [5.41, 5.74) is 1.41. The first-order valence-electron chi connectivity index (χ1n) is 4.85. The Bertz CT molecular complexity index is 279. The summed E-state index contributed by atoms with van der Waals surface area (Å²) >= 11 is 3.50. The minimum absolute atomic E-state index is 0.575. The molecule has 0 unspecified atom stereocenters. The third kappa shape index (κ3) is 2.32. The van der Waals surface area contributed by atoms with E-state index >= 15 is 0 Å². The Morgan fingerprint density at radius 1 is 1.31 bits per heavy atom. The molecule has 0 aromatic heterocycles. The summed E-state index contributed by atoms with van der Waals surface area (Å²) in [6.07, 6.45) is 3.95. The lowest BCUT2D eigenvalue weighted by Gasteiger charge is -2.23. The zero-order valence-electron chi connectivity index (χ0n) is 7.59. The quantitative estimate of drug-likeness (QED) is 0.794. The molecule has 0 aliphatic carbocycles. The third-order valence-electron chi connectivity index (χ3n) is 2.56. The summed E-state index contributed by atoms with van der Waals surface area (Å²) in [5.74, 6) is 0. The van der Waals surface area contributed by atoms with Crippen molar-refractivity contribution in [2.24, 2.45) is 0 Å². The van der Waals surface area contributed by atoms with Gasteiger partial charge in [0.15, 0.2) is 0 Å². The largest absolute Gasteiger partial charge is 0.310 e. The molecule has 1 atom stereocenters. The van der Waals surface area contributed by atoms with Crippen LogP contribution in [0.1, 0.15) is 30.9 Å². The molecule has 1 nitrogen and oxygen atoms in total. The van der Waals surface area contributed by atoms with Crippen LogP contribution in [0.4, 0.5) is 0 Å². The van der Waals surface area contributed by atoms with Gasteiger partial charge >= 0.3 is 0 Å². The van der Waals surface area contributed by atoms with Crippen LogP contribution in [0.5, 0.6) is 0 Å². The van der Waals surface area contributed by atoms with E-state index in [9.17, 15) is 0 Å². The van der Waals surface area contributed by atoms with Gasteiger partial charge in [0.25, 0.3) is 0 Å². The minimum Gasteiger partial charge on any atom is -0.310 e. The van der Waals surface area contributed by atoms with E-state index in [1.807, 2.05) is 0 Å². The molecule has 2 rings (SSSR count). The molecule has 1 fully saturated rings. The predicted octanol–water partition coefficient (Wildman–Crippen LogP) is 3.26. The zero-order chi connectivity index (χ0) is 9.10. The van der Waals surface area contributed by atoms with E-state index in [2.05, 4.69) is 45.5 Å². The van der Waals surface area contributed by atoms with Crippen molar-refractivity contribution >= 4 is 15.9 Å². The van der Waals surface area contributed by atoms with Gasteiger partial charge in [-0.25, -0.2) is 0 Å². The smallest absolute Gasteiger partial charge is 0.0320 e. The van der Waals surface area contributed by atoms with Crippen molar-refractivity contribution in [2.45, 2.75) is 25.3 Å². The van der Waals surface area contributed by atoms with Gasteiger partial charge < -0.3 is 5.32 Å². The summed E-state index contributed by atoms with van der Waals surface area (Å²) < 4.78 is 1.18. The Balaban J connectivity index is 2.14. The fourth-order valence-corrected chi connectivity index (χ4v) is 2.28. The summed E-state index contributed by atoms with van der Waals surface area (Å²) in [6.45, 7) is 1.16. The predicted molar refractivity (Wildman–Crippen MR) is 58.7 cm³/mol. The molecule has 13 heavy (non-hydrogen) atoms. The molecule has 70 valence electrons. The molecule has 1 aliphatic heterocycles. The van der Waals surface area contributed by atoms with Crippen LogP contribution >= 0.6 is 15.9 Å². The van der Waals surface area contributed by atoms with Crippen molar-refractivity contribution in [2.75, 3.05) is 6.54 Å². The van der Waals surface area contributed by atoms with Gasteiger partial charge in [-0.2, -0.15) is 0 Å². The molecule has 0 radical (unpaired) electrons. The van der Waals surface area contributed by atoms with Gasteiger partial charge in [0.1, 0.15) is 0 Å². The van der Waals surface area contributed by atoms with Crippen molar-refractivity contribution in [3.63, 3.8) is 0 Å². The molecule has 0 saturated carbocycles. The lowest BCUT2D eigenvalue weighted by molar-refractivity contribution is 0.412. The van der Waals surface area contributed by atoms with Gasteiger partial charge in [0, 0.05) is 10.5 Å². The van der Waals surface area contributed by atoms with Crippen LogP contribution in [0, 0.1) is 0 Å². The van der Waals surface area contributed by atoms with Gasteiger partial charge in [0.2, 0.25) is 0 Å². The molecule has 1 aromatic carbocycles. The molecule has 1 aliphatic rings. The molecule has 1 saturated heterocycles. The number of halogens is 1. The van der Waals surface area contributed by atoms with E-state index in [0.29, 0.717) is 6.04 Å². The SMILES string of the molecule is Brc1cccc([C@H]2CCCCN2)c1. The lowest BCUT2D eigenvalue weighted by Crippen LogP contribution is -2.26. The average molecular weight is 240 g/mol. The monoisotopic (exact) mass is 239 g/mol. The van der Waals surface area contributed by atoms with Crippen molar-refractivity contribution < 1.29 is 0 Å². The highest BCUT2D eigenvalue weighted by Gasteiger charge is 2.13. The molecular weight excluding hydrogens is 226 g/mol. The van der Waals surface area contributed by atoms with Gasteiger partial charge in [0.05, 0.1) is 0 Å². The second kappa shape index (κ2) is 4.25. The normalized spacial score (nSPS) is 23.0. The van der Waals surface area contributed by atoms with Crippen LogP contribution in [-0.2, 0) is 0 Å². The highest BCUT2D eigenvalue weighted by Crippen LogP contribution is 2.24. The maximum absolute atomic E-state index is 3.54. The fraction of sp³-hybridized carbons (Fsp3) is 0.455. The zero-order valence-corrected chi connectivity index (χ0v) is 9.18. The highest BCUT2D eigenvalue weighted by molar-refractivity contribution is 9.10. The van der Waals surface area contributed by atoms with E-state index in [1.54, 1.807) is 0 Å². The molecule has 2 heteroatoms. The Labute approximate surface area is 87.7 Å². The second-order valence-corrected chi connectivity index (χ2v) is 4.47. The van der Waals surface area contributed by atoms with E-state index in [4.69, 9.17) is 0 Å². The van der Waals surface area contributed by atoms with Gasteiger partial charge in [-0.05, 0) is 37.1 Å². The maximum atomic E-state index is 3.54. The van der Waals surface area contributed by atoms with Crippen molar-refractivity contribution in [1.82, 2.24) is 5.32 Å². The summed E-state index contributed by atoms with van der Waals surface area (Å²) in [4.78, 5) is 0. The molecule has 1 N–H and O–H groups in total. The van der Waals surface area contributed by atoms with Gasteiger partial charge in [-0.3, -0.25) is 0 Å². The van der Waals surface area contributed by atoms with E-state index in [-0.39, 0.29) is 0 Å². The first-order chi connectivity index (χ1) is 6.36. The average Bonchev–Trinajstić information content (AvgIpc) is 2.19. The third-order valence-corrected chi connectivity index (χ3v) is 3.05. The summed E-state index contributed by atoms with van der Waals surface area (Å²) in [7, 11) is 0. The second-order valence-electron chi connectivity index (χ2n) is 3.56. The molecule has 0 amide bonds. The Hall–Kier alpha value is -0.340. The van der Waals surface area contributed by atoms with E-state index in [1.165, 1.54) is 29.3 Å². The topological polar surface area (TPSA) is 12.0 Å². The maximum Gasteiger partial charge on any atom is 0.0320 e.